The second-order valence-electron chi connectivity index (χ2n) is 9.22. The molecule has 0 radical (unpaired) electrons. The molecule has 0 saturated carbocycles. The monoisotopic (exact) mass is 425 g/mol. The molecule has 4 saturated heterocycles. The van der Waals surface area contributed by atoms with E-state index in [4.69, 9.17) is 9.84 Å². The fraction of sp³-hybridized carbons (Fsp3) is 0.308. The van der Waals surface area contributed by atoms with Gasteiger partial charge in [-0.15, -0.1) is 0 Å². The molecule has 0 unspecified atom stereocenters. The third-order valence-corrected chi connectivity index (χ3v) is 6.76. The highest BCUT2D eigenvalue weighted by molar-refractivity contribution is 6.06. The molecule has 4 fully saturated rings. The molecule has 4 bridgehead atoms. The highest BCUT2D eigenvalue weighted by Gasteiger charge is 2.51. The zero-order chi connectivity index (χ0) is 21.5. The summed E-state index contributed by atoms with van der Waals surface area (Å²) in [4.78, 5) is 7.57. The second kappa shape index (κ2) is 7.81. The molecule has 0 spiro atoms. The van der Waals surface area contributed by atoms with Crippen molar-refractivity contribution in [3.8, 4) is 5.75 Å². The molecular weight excluding hydrogens is 398 g/mol. The molecule has 162 valence electrons. The quantitative estimate of drug-likeness (QED) is 0.464. The van der Waals surface area contributed by atoms with Crippen LogP contribution in [0.15, 0.2) is 76.9 Å². The van der Waals surface area contributed by atoms with E-state index in [1.165, 1.54) is 5.56 Å². The molecule has 32 heavy (non-hydrogen) atoms. The number of hydrogen-bond donors (Lipinski definition) is 0. The highest BCUT2D eigenvalue weighted by atomic mass is 16.5. The van der Waals surface area contributed by atoms with Crippen LogP contribution in [0.3, 0.4) is 0 Å². The summed E-state index contributed by atoms with van der Waals surface area (Å²) in [5.41, 5.74) is 3.30. The minimum Gasteiger partial charge on any atom is -0.497 e. The lowest BCUT2D eigenvalue weighted by atomic mass is 9.74. The van der Waals surface area contributed by atoms with Crippen molar-refractivity contribution in [2.24, 2.45) is 15.6 Å². The van der Waals surface area contributed by atoms with Gasteiger partial charge in [-0.25, -0.2) is 0 Å². The van der Waals surface area contributed by atoms with Gasteiger partial charge in [0, 0.05) is 19.6 Å². The molecule has 3 aromatic rings. The Morgan fingerprint density at radius 2 is 1.50 bits per heavy atom. The molecule has 7 rings (SSSR count). The van der Waals surface area contributed by atoms with Gasteiger partial charge in [-0.05, 0) is 40.1 Å². The van der Waals surface area contributed by atoms with E-state index in [0.29, 0.717) is 0 Å². The molecular formula is C26H27N5O. The smallest absolute Gasteiger partial charge is 0.119 e. The van der Waals surface area contributed by atoms with Crippen LogP contribution in [0.1, 0.15) is 11.1 Å². The highest BCUT2D eigenvalue weighted by Crippen LogP contribution is 2.38. The number of ether oxygens (including phenoxy) is 1. The van der Waals surface area contributed by atoms with Crippen molar-refractivity contribution >= 4 is 22.7 Å². The summed E-state index contributed by atoms with van der Waals surface area (Å²) in [6.45, 7) is 6.31. The predicted octanol–water partition coefficient (Wildman–Crippen LogP) is 3.48. The van der Waals surface area contributed by atoms with Crippen LogP contribution in [0.2, 0.25) is 0 Å². The van der Waals surface area contributed by atoms with E-state index in [0.717, 1.165) is 67.4 Å². The van der Waals surface area contributed by atoms with Crippen molar-refractivity contribution in [3.63, 3.8) is 0 Å². The minimum atomic E-state index is -0.00657. The van der Waals surface area contributed by atoms with Crippen LogP contribution in [0, 0.1) is 5.41 Å². The van der Waals surface area contributed by atoms with E-state index in [9.17, 15) is 0 Å². The lowest BCUT2D eigenvalue weighted by Crippen LogP contribution is -2.74. The Balaban J connectivity index is 1.34. The molecule has 6 nitrogen and oxygen atoms in total. The molecule has 0 aromatic heterocycles. The van der Waals surface area contributed by atoms with E-state index >= 15 is 0 Å². The minimum absolute atomic E-state index is 0.00657. The number of hydrogen-bond acceptors (Lipinski definition) is 6. The maximum Gasteiger partial charge on any atom is 0.119 e. The van der Waals surface area contributed by atoms with Gasteiger partial charge >= 0.3 is 0 Å². The van der Waals surface area contributed by atoms with Gasteiger partial charge < -0.3 is 4.74 Å². The Hall–Kier alpha value is -3.06. The van der Waals surface area contributed by atoms with Crippen LogP contribution < -0.4 is 4.74 Å². The molecule has 4 aliphatic heterocycles. The van der Waals surface area contributed by atoms with Crippen LogP contribution in [0.5, 0.6) is 5.75 Å². The summed E-state index contributed by atoms with van der Waals surface area (Å²) in [6.07, 6.45) is 1.87. The molecule has 4 heterocycles. The van der Waals surface area contributed by atoms with Gasteiger partial charge in [-0.1, -0.05) is 48.5 Å². The van der Waals surface area contributed by atoms with Crippen molar-refractivity contribution < 1.29 is 4.74 Å². The number of methoxy groups -OCH3 is 1. The summed E-state index contributed by atoms with van der Waals surface area (Å²) >= 11 is 0. The Labute approximate surface area is 188 Å². The van der Waals surface area contributed by atoms with E-state index in [1.807, 2.05) is 12.3 Å². The van der Waals surface area contributed by atoms with Crippen LogP contribution in [0.25, 0.3) is 10.8 Å². The van der Waals surface area contributed by atoms with E-state index in [1.54, 1.807) is 7.11 Å². The molecule has 0 N–H and O–H groups in total. The first-order chi connectivity index (χ1) is 15.7. The lowest BCUT2D eigenvalue weighted by Gasteiger charge is -2.60. The Morgan fingerprint density at radius 1 is 0.844 bits per heavy atom. The summed E-state index contributed by atoms with van der Waals surface area (Å²) in [6, 6.07) is 23.0. The summed E-state index contributed by atoms with van der Waals surface area (Å²) in [5.74, 6) is 0.869. The third kappa shape index (κ3) is 3.50. The fourth-order valence-corrected chi connectivity index (χ4v) is 5.61. The number of fused-ring (bicyclic) bond motifs is 1. The first kappa shape index (κ1) is 19.6. The Bertz CT molecular complexity index is 1170. The second-order valence-corrected chi connectivity index (χ2v) is 9.22. The van der Waals surface area contributed by atoms with Gasteiger partial charge in [-0.2, -0.15) is 10.2 Å². The largest absolute Gasteiger partial charge is 0.497 e. The van der Waals surface area contributed by atoms with Gasteiger partial charge in [0.05, 0.1) is 44.5 Å². The standard InChI is InChI=1S/C26H27N5O/c1-32-24-10-9-22-11-20(7-8-23(22)12-24)13-27-28-25(21-5-3-2-4-6-21)26-14-29-17-30(15-26)19-31(16-26)18-29/h2-13H,14-19H2,1H3/b27-13+,28-25-. The molecule has 6 heteroatoms. The van der Waals surface area contributed by atoms with Crippen molar-refractivity contribution in [1.29, 1.82) is 0 Å². The Kier molecular flexibility index (Phi) is 4.79. The van der Waals surface area contributed by atoms with E-state index in [-0.39, 0.29) is 5.41 Å². The van der Waals surface area contributed by atoms with Gasteiger partial charge in [0.15, 0.2) is 0 Å². The van der Waals surface area contributed by atoms with Crippen molar-refractivity contribution in [1.82, 2.24) is 14.7 Å². The van der Waals surface area contributed by atoms with Crippen molar-refractivity contribution in [3.05, 3.63) is 77.9 Å². The number of rotatable bonds is 5. The van der Waals surface area contributed by atoms with Crippen LogP contribution in [-0.2, 0) is 0 Å². The van der Waals surface area contributed by atoms with Crippen LogP contribution in [-0.4, -0.2) is 73.4 Å². The zero-order valence-electron chi connectivity index (χ0n) is 18.3. The van der Waals surface area contributed by atoms with Gasteiger partial charge in [0.2, 0.25) is 0 Å². The summed E-state index contributed by atoms with van der Waals surface area (Å²) < 4.78 is 5.33. The molecule has 3 aromatic carbocycles. The maximum atomic E-state index is 5.33. The first-order valence-corrected chi connectivity index (χ1v) is 11.1. The summed E-state index contributed by atoms with van der Waals surface area (Å²) in [7, 11) is 1.69. The molecule has 4 aliphatic rings. The van der Waals surface area contributed by atoms with Gasteiger partial charge in [0.1, 0.15) is 5.75 Å². The molecule has 0 aliphatic carbocycles. The number of benzene rings is 3. The normalized spacial score (nSPS) is 29.2. The van der Waals surface area contributed by atoms with Gasteiger partial charge in [0.25, 0.3) is 0 Å². The topological polar surface area (TPSA) is 43.7 Å². The fourth-order valence-electron chi connectivity index (χ4n) is 5.61. The SMILES string of the molecule is COc1ccc2cc(/C=N/N=C(/c3ccccc3)C34CN5CN(CN(C5)C3)C4)ccc2c1. The lowest BCUT2D eigenvalue weighted by molar-refractivity contribution is -0.149. The molecule has 0 atom stereocenters. The van der Waals surface area contributed by atoms with Gasteiger partial charge in [-0.3, -0.25) is 14.7 Å². The van der Waals surface area contributed by atoms with Crippen LogP contribution >= 0.6 is 0 Å². The zero-order valence-corrected chi connectivity index (χ0v) is 18.3. The van der Waals surface area contributed by atoms with Crippen molar-refractivity contribution in [2.45, 2.75) is 0 Å². The predicted molar refractivity (Wildman–Crippen MR) is 128 cm³/mol. The maximum absolute atomic E-state index is 5.33. The Morgan fingerprint density at radius 3 is 2.19 bits per heavy atom. The summed E-state index contributed by atoms with van der Waals surface area (Å²) in [5, 5.41) is 11.8. The first-order valence-electron chi connectivity index (χ1n) is 11.1. The average molecular weight is 426 g/mol. The van der Waals surface area contributed by atoms with Crippen molar-refractivity contribution in [2.75, 3.05) is 46.8 Å². The third-order valence-electron chi connectivity index (χ3n) is 6.76. The van der Waals surface area contributed by atoms with E-state index in [2.05, 4.69) is 80.5 Å². The average Bonchev–Trinajstić information content (AvgIpc) is 2.81. The number of nitrogens with zero attached hydrogens (tertiary/aromatic N) is 5. The molecule has 0 amide bonds. The van der Waals surface area contributed by atoms with E-state index < -0.39 is 0 Å². The van der Waals surface area contributed by atoms with Crippen LogP contribution in [0.4, 0.5) is 0 Å².